The number of halogens is 3. The van der Waals surface area contributed by atoms with Crippen molar-refractivity contribution in [3.63, 3.8) is 0 Å². The van der Waals surface area contributed by atoms with Gasteiger partial charge in [-0.3, -0.25) is 14.6 Å². The number of hydrogen-bond donors (Lipinski definition) is 4. The van der Waals surface area contributed by atoms with E-state index in [0.29, 0.717) is 63.5 Å². The van der Waals surface area contributed by atoms with Crippen LogP contribution < -0.4 is 21.7 Å². The Kier molecular flexibility index (Phi) is 9.32. The highest BCUT2D eigenvalue weighted by Crippen LogP contribution is 2.43. The number of nitrogen functional groups attached to an aromatic ring is 1. The summed E-state index contributed by atoms with van der Waals surface area (Å²) < 4.78 is 47.3. The van der Waals surface area contributed by atoms with Crippen LogP contribution in [0.3, 0.4) is 0 Å². The summed E-state index contributed by atoms with van der Waals surface area (Å²) in [7, 11) is 0. The number of nitrogens with zero attached hydrogens (tertiary/aromatic N) is 4. The number of ether oxygens (including phenoxy) is 1. The molecule has 47 heavy (non-hydrogen) atoms. The lowest BCUT2D eigenvalue weighted by atomic mass is 10.0. The third kappa shape index (κ3) is 7.02. The maximum Gasteiger partial charge on any atom is 0.417 e. The molecule has 0 aliphatic carbocycles. The number of alkyl halides is 3. The Labute approximate surface area is 272 Å². The molecular formula is C32H34F3N7O4S. The summed E-state index contributed by atoms with van der Waals surface area (Å²) in [4.78, 5) is 36.9. The molecule has 4 aromatic rings. The van der Waals surface area contributed by atoms with Crippen molar-refractivity contribution in [2.45, 2.75) is 31.2 Å². The molecule has 0 spiro atoms. The fourth-order valence-corrected chi connectivity index (χ4v) is 6.89. The van der Waals surface area contributed by atoms with Gasteiger partial charge in [0, 0.05) is 61.5 Å². The molecule has 6 rings (SSSR count). The first-order chi connectivity index (χ1) is 22.5. The van der Waals surface area contributed by atoms with Crippen LogP contribution in [0.25, 0.3) is 21.3 Å². The highest BCUT2D eigenvalue weighted by atomic mass is 32.1. The second-order valence-corrected chi connectivity index (χ2v) is 12.6. The predicted molar refractivity (Wildman–Crippen MR) is 172 cm³/mol. The van der Waals surface area contributed by atoms with Crippen LogP contribution in [0.5, 0.6) is 0 Å². The second-order valence-electron chi connectivity index (χ2n) is 11.6. The van der Waals surface area contributed by atoms with Crippen molar-refractivity contribution in [3.8, 4) is 11.1 Å². The zero-order chi connectivity index (χ0) is 33.3. The molecule has 2 saturated heterocycles. The summed E-state index contributed by atoms with van der Waals surface area (Å²) in [5.41, 5.74) is 12.7. The van der Waals surface area contributed by atoms with E-state index in [1.54, 1.807) is 28.1 Å². The molecule has 1 unspecified atom stereocenters. The van der Waals surface area contributed by atoms with Gasteiger partial charge < -0.3 is 36.4 Å². The monoisotopic (exact) mass is 669 g/mol. The molecule has 11 nitrogen and oxygen atoms in total. The van der Waals surface area contributed by atoms with Crippen LogP contribution in [0.15, 0.2) is 48.7 Å². The molecule has 248 valence electrons. The Morgan fingerprint density at radius 3 is 2.49 bits per heavy atom. The van der Waals surface area contributed by atoms with Crippen LogP contribution >= 0.6 is 11.3 Å². The number of piperidine rings is 1. The molecule has 0 saturated carbocycles. The summed E-state index contributed by atoms with van der Waals surface area (Å²) in [5, 5.41) is 13.9. The third-order valence-electron chi connectivity index (χ3n) is 8.50. The molecule has 1 atom stereocenters. The van der Waals surface area contributed by atoms with Gasteiger partial charge in [0.15, 0.2) is 0 Å². The third-order valence-corrected chi connectivity index (χ3v) is 9.62. The number of carbonyl (C=O) groups is 2. The van der Waals surface area contributed by atoms with Crippen molar-refractivity contribution < 1.29 is 32.6 Å². The predicted octanol–water partition coefficient (Wildman–Crippen LogP) is 3.82. The van der Waals surface area contributed by atoms with Gasteiger partial charge in [0.25, 0.3) is 11.8 Å². The number of hydrogen-bond acceptors (Lipinski definition) is 10. The summed E-state index contributed by atoms with van der Waals surface area (Å²) in [6, 6.07) is 12.0. The summed E-state index contributed by atoms with van der Waals surface area (Å²) in [6.45, 7) is 3.30. The number of nitrogens with one attached hydrogen (secondary N) is 1. The van der Waals surface area contributed by atoms with Gasteiger partial charge in [0.1, 0.15) is 21.6 Å². The molecule has 2 aliphatic rings. The van der Waals surface area contributed by atoms with E-state index in [4.69, 9.17) is 16.2 Å². The first-order valence-electron chi connectivity index (χ1n) is 15.2. The second kappa shape index (κ2) is 13.4. The van der Waals surface area contributed by atoms with E-state index < -0.39 is 23.8 Å². The van der Waals surface area contributed by atoms with Gasteiger partial charge in [-0.25, -0.2) is 4.98 Å². The van der Waals surface area contributed by atoms with E-state index in [1.165, 1.54) is 0 Å². The van der Waals surface area contributed by atoms with E-state index >= 15 is 0 Å². The zero-order valence-electron chi connectivity index (χ0n) is 25.3. The molecule has 2 amide bonds. The molecule has 3 aromatic heterocycles. The number of primary amides is 1. The van der Waals surface area contributed by atoms with Crippen LogP contribution in [-0.4, -0.2) is 83.8 Å². The van der Waals surface area contributed by atoms with Gasteiger partial charge in [0.2, 0.25) is 0 Å². The van der Waals surface area contributed by atoms with Crippen molar-refractivity contribution in [3.05, 3.63) is 70.4 Å². The lowest BCUT2D eigenvalue weighted by Gasteiger charge is -2.34. The number of anilines is 2. The number of rotatable bonds is 8. The lowest BCUT2D eigenvalue weighted by molar-refractivity contribution is -0.136. The minimum atomic E-state index is -4.70. The molecular weight excluding hydrogens is 635 g/mol. The minimum absolute atomic E-state index is 0.0113. The molecule has 5 heterocycles. The fourth-order valence-electron chi connectivity index (χ4n) is 5.93. The van der Waals surface area contributed by atoms with Crippen molar-refractivity contribution >= 4 is 44.9 Å². The Balaban J connectivity index is 1.05. The van der Waals surface area contributed by atoms with Crippen molar-refractivity contribution in [1.29, 1.82) is 0 Å². The normalized spacial score (nSPS) is 16.9. The number of pyridine rings is 2. The minimum Gasteiger partial charge on any atom is -0.397 e. The number of aliphatic hydroxyl groups is 1. The summed E-state index contributed by atoms with van der Waals surface area (Å²) >= 11 is 0.754. The number of amides is 2. The van der Waals surface area contributed by atoms with Gasteiger partial charge in [0.05, 0.1) is 30.2 Å². The fraction of sp³-hybridized carbons (Fsp3) is 0.375. The van der Waals surface area contributed by atoms with Gasteiger partial charge in [-0.1, -0.05) is 18.2 Å². The summed E-state index contributed by atoms with van der Waals surface area (Å²) in [5.74, 6) is -0.786. The summed E-state index contributed by atoms with van der Waals surface area (Å²) in [6.07, 6.45) is -2.69. The molecule has 2 fully saturated rings. The van der Waals surface area contributed by atoms with E-state index in [1.807, 2.05) is 24.3 Å². The standard InChI is InChI=1S/C32H34F3N7O4S/c33-32(34,35)22-15-25(40-30-26(22)27(36)28(47-30)29(37)44)41-8-6-21(7-9-41)38-17-24(43)23-5-4-20(16-39-23)18-2-1-3-19(14-18)31(45)42-10-12-46-13-11-42/h1-5,14-16,21,24,38,43H,6-13,17,36H2,(H2,37,44). The van der Waals surface area contributed by atoms with E-state index in [2.05, 4.69) is 15.3 Å². The van der Waals surface area contributed by atoms with Crippen LogP contribution in [0.1, 0.15) is 50.2 Å². The Bertz CT molecular complexity index is 1770. The lowest BCUT2D eigenvalue weighted by Crippen LogP contribution is -2.44. The number of thiophene rings is 1. The average molecular weight is 670 g/mol. The Morgan fingerprint density at radius 1 is 1.09 bits per heavy atom. The first-order valence-corrected chi connectivity index (χ1v) is 16.0. The van der Waals surface area contributed by atoms with E-state index in [-0.39, 0.29) is 45.1 Å². The number of aliphatic hydroxyl groups excluding tert-OH is 1. The largest absolute Gasteiger partial charge is 0.417 e. The SMILES string of the molecule is NC(=O)c1sc2nc(N3CCC(NCC(O)c4ccc(-c5cccc(C(=O)N6CCOCC6)c5)cn4)CC3)cc(C(F)(F)F)c2c1N. The van der Waals surface area contributed by atoms with Gasteiger partial charge in [-0.15, -0.1) is 11.3 Å². The maximum atomic E-state index is 14.0. The number of morpholine rings is 1. The number of carbonyl (C=O) groups excluding carboxylic acids is 2. The highest BCUT2D eigenvalue weighted by Gasteiger charge is 2.37. The number of fused-ring (bicyclic) bond motifs is 1. The smallest absolute Gasteiger partial charge is 0.397 e. The zero-order valence-corrected chi connectivity index (χ0v) is 26.1. The van der Waals surface area contributed by atoms with Gasteiger partial charge >= 0.3 is 6.18 Å². The highest BCUT2D eigenvalue weighted by molar-refractivity contribution is 7.21. The number of aromatic nitrogens is 2. The topological polar surface area (TPSA) is 160 Å². The van der Waals surface area contributed by atoms with Crippen LogP contribution in [0.2, 0.25) is 0 Å². The van der Waals surface area contributed by atoms with E-state index in [9.17, 15) is 27.9 Å². The first kappa shape index (κ1) is 32.6. The molecule has 0 radical (unpaired) electrons. The quantitative estimate of drug-likeness (QED) is 0.219. The molecule has 2 aliphatic heterocycles. The van der Waals surface area contributed by atoms with Crippen molar-refractivity contribution in [2.24, 2.45) is 5.73 Å². The van der Waals surface area contributed by atoms with Gasteiger partial charge in [-0.2, -0.15) is 13.2 Å². The number of nitrogens with two attached hydrogens (primary N) is 2. The van der Waals surface area contributed by atoms with Crippen LogP contribution in [0, 0.1) is 0 Å². The molecule has 0 bridgehead atoms. The Morgan fingerprint density at radius 2 is 1.83 bits per heavy atom. The van der Waals surface area contributed by atoms with Crippen LogP contribution in [0.4, 0.5) is 24.7 Å². The maximum absolute atomic E-state index is 14.0. The number of benzene rings is 1. The van der Waals surface area contributed by atoms with Crippen molar-refractivity contribution in [1.82, 2.24) is 20.2 Å². The average Bonchev–Trinajstić information content (AvgIpc) is 3.43. The molecule has 6 N–H and O–H groups in total. The molecule has 1 aromatic carbocycles. The van der Waals surface area contributed by atoms with E-state index in [0.717, 1.165) is 28.5 Å². The van der Waals surface area contributed by atoms with Crippen LogP contribution in [-0.2, 0) is 10.9 Å². The Hall–Kier alpha value is -4.31. The van der Waals surface area contributed by atoms with Crippen molar-refractivity contribution in [2.75, 3.05) is 56.6 Å². The molecule has 15 heteroatoms. The van der Waals surface area contributed by atoms with Gasteiger partial charge in [-0.05, 0) is 42.7 Å².